The van der Waals surface area contributed by atoms with Crippen LogP contribution in [0.1, 0.15) is 31.3 Å². The SMILES string of the molecule is CCn1ncc(Cl)c1C(=O)C(C)(C)N1CCOCC1. The fraction of sp³-hybridized carbons (Fsp3) is 0.692. The fourth-order valence-corrected chi connectivity index (χ4v) is 2.61. The van der Waals surface area contributed by atoms with Gasteiger partial charge in [-0.3, -0.25) is 14.4 Å². The van der Waals surface area contributed by atoms with Crippen LogP contribution in [0.15, 0.2) is 6.20 Å². The van der Waals surface area contributed by atoms with E-state index in [-0.39, 0.29) is 5.78 Å². The van der Waals surface area contributed by atoms with E-state index in [9.17, 15) is 4.79 Å². The van der Waals surface area contributed by atoms with E-state index >= 15 is 0 Å². The monoisotopic (exact) mass is 285 g/mol. The number of rotatable bonds is 4. The largest absolute Gasteiger partial charge is 0.379 e. The van der Waals surface area contributed by atoms with Gasteiger partial charge in [-0.15, -0.1) is 0 Å². The Morgan fingerprint density at radius 3 is 2.68 bits per heavy atom. The highest BCUT2D eigenvalue weighted by molar-refractivity contribution is 6.34. The molecule has 0 aromatic carbocycles. The second-order valence-corrected chi connectivity index (χ2v) is 5.55. The number of hydrogen-bond acceptors (Lipinski definition) is 4. The molecule has 1 aromatic rings. The predicted octanol–water partition coefficient (Wildman–Crippen LogP) is 1.85. The minimum Gasteiger partial charge on any atom is -0.379 e. The Hall–Kier alpha value is -0.910. The smallest absolute Gasteiger partial charge is 0.201 e. The van der Waals surface area contributed by atoms with Crippen LogP contribution in [-0.4, -0.2) is 52.3 Å². The average Bonchev–Trinajstić information content (AvgIpc) is 2.79. The van der Waals surface area contributed by atoms with Gasteiger partial charge >= 0.3 is 0 Å². The Kier molecular flexibility index (Phi) is 4.28. The zero-order valence-electron chi connectivity index (χ0n) is 11.6. The topological polar surface area (TPSA) is 47.4 Å². The summed E-state index contributed by atoms with van der Waals surface area (Å²) in [5.41, 5.74) is -0.0962. The Morgan fingerprint density at radius 1 is 1.47 bits per heavy atom. The van der Waals surface area contributed by atoms with Crippen LogP contribution in [0.4, 0.5) is 0 Å². The molecule has 0 spiro atoms. The molecular formula is C13H20ClN3O2. The van der Waals surface area contributed by atoms with E-state index in [2.05, 4.69) is 10.00 Å². The first-order valence-electron chi connectivity index (χ1n) is 6.57. The molecule has 19 heavy (non-hydrogen) atoms. The van der Waals surface area contributed by atoms with Crippen molar-refractivity contribution in [2.24, 2.45) is 0 Å². The minimum absolute atomic E-state index is 0.0127. The average molecular weight is 286 g/mol. The van der Waals surface area contributed by atoms with E-state index in [1.807, 2.05) is 20.8 Å². The lowest BCUT2D eigenvalue weighted by Crippen LogP contribution is -2.54. The van der Waals surface area contributed by atoms with E-state index in [0.29, 0.717) is 30.5 Å². The summed E-state index contributed by atoms with van der Waals surface area (Å²) in [4.78, 5) is 14.9. The van der Waals surface area contributed by atoms with E-state index in [0.717, 1.165) is 13.1 Å². The van der Waals surface area contributed by atoms with Crippen molar-refractivity contribution in [3.8, 4) is 0 Å². The number of hydrogen-bond donors (Lipinski definition) is 0. The second-order valence-electron chi connectivity index (χ2n) is 5.14. The lowest BCUT2D eigenvalue weighted by molar-refractivity contribution is -0.00465. The normalized spacial score (nSPS) is 17.7. The number of carbonyl (C=O) groups is 1. The second kappa shape index (κ2) is 5.61. The molecule has 1 fully saturated rings. The number of morpholine rings is 1. The number of Topliss-reactive ketones (excluding diaryl/α,β-unsaturated/α-hetero) is 1. The van der Waals surface area contributed by atoms with Gasteiger partial charge in [0.05, 0.1) is 30.0 Å². The molecule has 1 aliphatic heterocycles. The van der Waals surface area contributed by atoms with Gasteiger partial charge in [-0.25, -0.2) is 0 Å². The summed E-state index contributed by atoms with van der Waals surface area (Å²) in [6, 6.07) is 0. The van der Waals surface area contributed by atoms with Crippen molar-refractivity contribution < 1.29 is 9.53 Å². The molecule has 106 valence electrons. The summed E-state index contributed by atoms with van der Waals surface area (Å²) in [5, 5.41) is 4.56. The molecule has 0 amide bonds. The molecule has 6 heteroatoms. The van der Waals surface area contributed by atoms with Gasteiger partial charge in [-0.1, -0.05) is 11.6 Å². The Bertz CT molecular complexity index is 464. The van der Waals surface area contributed by atoms with Crippen molar-refractivity contribution in [3.05, 3.63) is 16.9 Å². The Balaban J connectivity index is 2.28. The van der Waals surface area contributed by atoms with E-state index < -0.39 is 5.54 Å². The first-order chi connectivity index (χ1) is 8.98. The Labute approximate surface area is 118 Å². The molecule has 2 rings (SSSR count). The number of carbonyl (C=O) groups excluding carboxylic acids is 1. The van der Waals surface area contributed by atoms with Gasteiger partial charge in [0.25, 0.3) is 0 Å². The lowest BCUT2D eigenvalue weighted by atomic mass is 9.93. The van der Waals surface area contributed by atoms with Gasteiger partial charge in [-0.05, 0) is 20.8 Å². The van der Waals surface area contributed by atoms with E-state index in [1.165, 1.54) is 6.20 Å². The van der Waals surface area contributed by atoms with Crippen LogP contribution in [0.3, 0.4) is 0 Å². The zero-order valence-corrected chi connectivity index (χ0v) is 12.4. The molecule has 0 unspecified atom stereocenters. The summed E-state index contributed by atoms with van der Waals surface area (Å²) in [6.45, 7) is 9.30. The molecular weight excluding hydrogens is 266 g/mol. The molecule has 1 saturated heterocycles. The standard InChI is InChI=1S/C13H20ClN3O2/c1-4-17-11(10(14)9-15-17)12(18)13(2,3)16-5-7-19-8-6-16/h9H,4-8H2,1-3H3. The van der Waals surface area contributed by atoms with Gasteiger partial charge in [0.15, 0.2) is 0 Å². The maximum Gasteiger partial charge on any atom is 0.201 e. The van der Waals surface area contributed by atoms with Crippen LogP contribution < -0.4 is 0 Å². The third kappa shape index (κ3) is 2.68. The first kappa shape index (κ1) is 14.5. The maximum atomic E-state index is 12.8. The zero-order chi connectivity index (χ0) is 14.0. The summed E-state index contributed by atoms with van der Waals surface area (Å²) < 4.78 is 7.00. The highest BCUT2D eigenvalue weighted by Gasteiger charge is 2.38. The van der Waals surface area contributed by atoms with Crippen LogP contribution in [0, 0.1) is 0 Å². The Morgan fingerprint density at radius 2 is 2.11 bits per heavy atom. The van der Waals surface area contributed by atoms with E-state index in [1.54, 1.807) is 4.68 Å². The molecule has 0 bridgehead atoms. The van der Waals surface area contributed by atoms with Gasteiger partial charge in [0.1, 0.15) is 5.69 Å². The van der Waals surface area contributed by atoms with Gasteiger partial charge in [-0.2, -0.15) is 5.10 Å². The van der Waals surface area contributed by atoms with Crippen LogP contribution in [0.2, 0.25) is 5.02 Å². The molecule has 1 aliphatic rings. The number of halogens is 1. The first-order valence-corrected chi connectivity index (χ1v) is 6.95. The molecule has 5 nitrogen and oxygen atoms in total. The van der Waals surface area contributed by atoms with Gasteiger partial charge < -0.3 is 4.74 Å². The van der Waals surface area contributed by atoms with Crippen LogP contribution in [-0.2, 0) is 11.3 Å². The summed E-state index contributed by atoms with van der Waals surface area (Å²) in [5.74, 6) is 0.0127. The fourth-order valence-electron chi connectivity index (χ4n) is 2.38. The van der Waals surface area contributed by atoms with Crippen molar-refractivity contribution >= 4 is 17.4 Å². The maximum absolute atomic E-state index is 12.8. The van der Waals surface area contributed by atoms with Gasteiger partial charge in [0.2, 0.25) is 5.78 Å². The molecule has 0 aliphatic carbocycles. The van der Waals surface area contributed by atoms with Crippen LogP contribution in [0.25, 0.3) is 0 Å². The third-order valence-corrected chi connectivity index (χ3v) is 3.94. The quantitative estimate of drug-likeness (QED) is 0.792. The number of aromatic nitrogens is 2. The summed E-state index contributed by atoms with van der Waals surface area (Å²) in [7, 11) is 0. The summed E-state index contributed by atoms with van der Waals surface area (Å²) in [6.07, 6.45) is 1.54. The molecule has 0 saturated carbocycles. The molecule has 0 radical (unpaired) electrons. The lowest BCUT2D eigenvalue weighted by Gasteiger charge is -2.39. The molecule has 0 N–H and O–H groups in total. The summed E-state index contributed by atoms with van der Waals surface area (Å²) >= 11 is 6.12. The van der Waals surface area contributed by atoms with Crippen molar-refractivity contribution in [1.29, 1.82) is 0 Å². The molecule has 1 aromatic heterocycles. The van der Waals surface area contributed by atoms with E-state index in [4.69, 9.17) is 16.3 Å². The highest BCUT2D eigenvalue weighted by atomic mass is 35.5. The van der Waals surface area contributed by atoms with Gasteiger partial charge in [0, 0.05) is 19.6 Å². The van der Waals surface area contributed by atoms with Crippen molar-refractivity contribution in [2.45, 2.75) is 32.9 Å². The number of aryl methyl sites for hydroxylation is 1. The van der Waals surface area contributed by atoms with Crippen molar-refractivity contribution in [3.63, 3.8) is 0 Å². The number of nitrogens with zero attached hydrogens (tertiary/aromatic N) is 3. The molecule has 2 heterocycles. The third-order valence-electron chi connectivity index (χ3n) is 3.67. The predicted molar refractivity (Wildman–Crippen MR) is 73.7 cm³/mol. The van der Waals surface area contributed by atoms with Crippen LogP contribution in [0.5, 0.6) is 0 Å². The van der Waals surface area contributed by atoms with Crippen molar-refractivity contribution in [2.75, 3.05) is 26.3 Å². The number of ketones is 1. The number of ether oxygens (including phenoxy) is 1. The highest BCUT2D eigenvalue weighted by Crippen LogP contribution is 2.26. The minimum atomic E-state index is -0.597. The van der Waals surface area contributed by atoms with Crippen molar-refractivity contribution in [1.82, 2.24) is 14.7 Å². The molecule has 0 atom stereocenters. The van der Waals surface area contributed by atoms with Crippen LogP contribution >= 0.6 is 11.6 Å².